The maximum atomic E-state index is 14.1. The quantitative estimate of drug-likeness (QED) is 0.489. The van der Waals surface area contributed by atoms with Crippen molar-refractivity contribution in [2.75, 3.05) is 21.3 Å². The molecule has 2 aromatic carbocycles. The molecule has 0 saturated heterocycles. The molecule has 0 unspecified atom stereocenters. The second-order valence-electron chi connectivity index (χ2n) is 8.45. The fourth-order valence-corrected chi connectivity index (χ4v) is 5.24. The SMILES string of the molecule is COC(=O)C1=C(C)NC2=C(C(=O)[C@H](C(=O)OC)[C@@H](c3ccc(OC)cc3)C2)[C@@H]1c1ccccc1Cl. The smallest absolute Gasteiger partial charge is 0.336 e. The van der Waals surface area contributed by atoms with Crippen LogP contribution in [-0.4, -0.2) is 39.1 Å². The summed E-state index contributed by atoms with van der Waals surface area (Å²) in [7, 11) is 4.12. The van der Waals surface area contributed by atoms with Crippen LogP contribution in [0.4, 0.5) is 0 Å². The van der Waals surface area contributed by atoms with Gasteiger partial charge < -0.3 is 19.5 Å². The molecule has 0 radical (unpaired) electrons. The normalized spacial score (nSPS) is 21.7. The second-order valence-corrected chi connectivity index (χ2v) is 8.86. The first-order valence-corrected chi connectivity index (χ1v) is 11.5. The zero-order valence-corrected chi connectivity index (χ0v) is 20.6. The number of rotatable bonds is 5. The Bertz CT molecular complexity index is 1250. The number of allylic oxidation sites excluding steroid dienone is 3. The molecule has 8 heteroatoms. The monoisotopic (exact) mass is 495 g/mol. The second kappa shape index (κ2) is 9.96. The number of Topliss-reactive ketones (excluding diaryl/α,β-unsaturated/α-hetero) is 1. The van der Waals surface area contributed by atoms with Gasteiger partial charge in [-0.3, -0.25) is 9.59 Å². The number of benzene rings is 2. The van der Waals surface area contributed by atoms with E-state index in [1.165, 1.54) is 14.2 Å². The molecule has 182 valence electrons. The Hall–Kier alpha value is -3.58. The molecule has 1 aliphatic carbocycles. The summed E-state index contributed by atoms with van der Waals surface area (Å²) in [5.74, 6) is -3.30. The molecule has 4 rings (SSSR count). The minimum atomic E-state index is -1.09. The van der Waals surface area contributed by atoms with Crippen molar-refractivity contribution in [1.82, 2.24) is 5.32 Å². The van der Waals surface area contributed by atoms with E-state index in [4.69, 9.17) is 25.8 Å². The lowest BCUT2D eigenvalue weighted by molar-refractivity contribution is -0.150. The van der Waals surface area contributed by atoms with E-state index in [0.29, 0.717) is 39.7 Å². The number of hydrogen-bond acceptors (Lipinski definition) is 7. The Morgan fingerprint density at radius 3 is 2.29 bits per heavy atom. The van der Waals surface area contributed by atoms with Gasteiger partial charge in [0.15, 0.2) is 5.78 Å². The molecule has 2 aliphatic rings. The minimum Gasteiger partial charge on any atom is -0.497 e. The highest BCUT2D eigenvalue weighted by molar-refractivity contribution is 6.31. The van der Waals surface area contributed by atoms with Crippen molar-refractivity contribution in [3.05, 3.63) is 87.2 Å². The predicted octanol–water partition coefficient (Wildman–Crippen LogP) is 4.28. The molecule has 7 nitrogen and oxygen atoms in total. The van der Waals surface area contributed by atoms with Crippen LogP contribution in [0.2, 0.25) is 5.02 Å². The summed E-state index contributed by atoms with van der Waals surface area (Å²) in [5.41, 5.74) is 3.20. The van der Waals surface area contributed by atoms with E-state index in [9.17, 15) is 14.4 Å². The number of hydrogen-bond donors (Lipinski definition) is 1. The van der Waals surface area contributed by atoms with E-state index in [1.54, 1.807) is 50.4 Å². The van der Waals surface area contributed by atoms with Crippen molar-refractivity contribution < 1.29 is 28.6 Å². The highest BCUT2D eigenvalue weighted by Crippen LogP contribution is 2.49. The number of carbonyl (C=O) groups excluding carboxylic acids is 3. The maximum Gasteiger partial charge on any atom is 0.336 e. The average molecular weight is 496 g/mol. The van der Waals surface area contributed by atoms with Gasteiger partial charge in [-0.25, -0.2) is 4.79 Å². The third-order valence-corrected chi connectivity index (χ3v) is 6.98. The van der Waals surface area contributed by atoms with E-state index < -0.39 is 35.5 Å². The molecule has 1 aliphatic heterocycles. The molecule has 0 aromatic heterocycles. The third kappa shape index (κ3) is 4.32. The Balaban J connectivity index is 1.90. The van der Waals surface area contributed by atoms with Gasteiger partial charge in [0.1, 0.15) is 11.7 Å². The fourth-order valence-electron chi connectivity index (χ4n) is 5.00. The summed E-state index contributed by atoms with van der Waals surface area (Å²) in [5, 5.41) is 3.65. The zero-order chi connectivity index (χ0) is 25.3. The van der Waals surface area contributed by atoms with Gasteiger partial charge in [-0.05, 0) is 42.7 Å². The van der Waals surface area contributed by atoms with Gasteiger partial charge in [0.05, 0.1) is 26.9 Å². The third-order valence-electron chi connectivity index (χ3n) is 6.64. The summed E-state index contributed by atoms with van der Waals surface area (Å²) in [6.45, 7) is 1.76. The molecular formula is C27H26ClNO6. The van der Waals surface area contributed by atoms with Gasteiger partial charge >= 0.3 is 11.9 Å². The number of ketones is 1. The van der Waals surface area contributed by atoms with Crippen LogP contribution in [0.5, 0.6) is 5.75 Å². The predicted molar refractivity (Wildman–Crippen MR) is 130 cm³/mol. The molecule has 0 fully saturated rings. The van der Waals surface area contributed by atoms with Crippen LogP contribution in [0.3, 0.4) is 0 Å². The number of nitrogens with one attached hydrogen (secondary N) is 1. The molecule has 2 aromatic rings. The Morgan fingerprint density at radius 2 is 1.69 bits per heavy atom. The van der Waals surface area contributed by atoms with E-state index in [1.807, 2.05) is 12.1 Å². The first-order chi connectivity index (χ1) is 16.8. The van der Waals surface area contributed by atoms with Gasteiger partial charge in [-0.1, -0.05) is 41.9 Å². The van der Waals surface area contributed by atoms with Crippen LogP contribution in [0.1, 0.15) is 36.3 Å². The summed E-state index contributed by atoms with van der Waals surface area (Å²) < 4.78 is 15.4. The molecule has 3 atom stereocenters. The van der Waals surface area contributed by atoms with Crippen molar-refractivity contribution in [3.63, 3.8) is 0 Å². The molecule has 35 heavy (non-hydrogen) atoms. The molecule has 0 spiro atoms. The van der Waals surface area contributed by atoms with Gasteiger partial charge in [-0.2, -0.15) is 0 Å². The van der Waals surface area contributed by atoms with Crippen LogP contribution in [0.15, 0.2) is 71.1 Å². The summed E-state index contributed by atoms with van der Waals surface area (Å²) in [6, 6.07) is 14.3. The Labute approximate surface area is 208 Å². The zero-order valence-electron chi connectivity index (χ0n) is 19.9. The highest BCUT2D eigenvalue weighted by Gasteiger charge is 2.49. The van der Waals surface area contributed by atoms with Crippen molar-refractivity contribution >= 4 is 29.3 Å². The van der Waals surface area contributed by atoms with Crippen LogP contribution < -0.4 is 10.1 Å². The topological polar surface area (TPSA) is 90.9 Å². The molecule has 1 N–H and O–H groups in total. The minimum absolute atomic E-state index is 0.277. The summed E-state index contributed by atoms with van der Waals surface area (Å²) >= 11 is 6.54. The largest absolute Gasteiger partial charge is 0.497 e. The Kier molecular flexibility index (Phi) is 6.98. The van der Waals surface area contributed by atoms with E-state index >= 15 is 0 Å². The van der Waals surface area contributed by atoms with Crippen LogP contribution in [0.25, 0.3) is 0 Å². The Morgan fingerprint density at radius 1 is 1.00 bits per heavy atom. The lowest BCUT2D eigenvalue weighted by atomic mass is 9.67. The number of dihydropyridines is 1. The molecule has 0 bridgehead atoms. The van der Waals surface area contributed by atoms with Crippen LogP contribution >= 0.6 is 11.6 Å². The van der Waals surface area contributed by atoms with Crippen LogP contribution in [0, 0.1) is 5.92 Å². The standard InChI is InChI=1S/C27H26ClNO6/c1-14-21(26(31)34-3)22(17-7-5-6-8-19(17)28)24-20(29-14)13-18(23(25(24)30)27(32)35-4)15-9-11-16(33-2)12-10-15/h5-12,18,22-23,29H,13H2,1-4H3/t18-,22-,23-/m1/s1. The molecule has 1 heterocycles. The number of halogens is 1. The average Bonchev–Trinajstić information content (AvgIpc) is 2.87. The highest BCUT2D eigenvalue weighted by atomic mass is 35.5. The number of methoxy groups -OCH3 is 3. The molecule has 0 saturated carbocycles. The number of esters is 2. The van der Waals surface area contributed by atoms with E-state index in [2.05, 4.69) is 5.32 Å². The maximum absolute atomic E-state index is 14.1. The van der Waals surface area contributed by atoms with Crippen molar-refractivity contribution in [2.24, 2.45) is 5.92 Å². The van der Waals surface area contributed by atoms with Crippen molar-refractivity contribution in [2.45, 2.75) is 25.2 Å². The van der Waals surface area contributed by atoms with Gasteiger partial charge in [-0.15, -0.1) is 0 Å². The summed E-state index contributed by atoms with van der Waals surface area (Å²) in [6.07, 6.45) is 0.361. The first kappa shape index (κ1) is 24.5. The lowest BCUT2D eigenvalue weighted by Gasteiger charge is -2.39. The van der Waals surface area contributed by atoms with Gasteiger partial charge in [0.25, 0.3) is 0 Å². The van der Waals surface area contributed by atoms with Gasteiger partial charge in [0.2, 0.25) is 0 Å². The van der Waals surface area contributed by atoms with E-state index in [0.717, 1.165) is 5.56 Å². The van der Waals surface area contributed by atoms with Crippen molar-refractivity contribution in [1.29, 1.82) is 0 Å². The number of ether oxygens (including phenoxy) is 3. The van der Waals surface area contributed by atoms with Crippen LogP contribution in [-0.2, 0) is 23.9 Å². The number of carbonyl (C=O) groups is 3. The first-order valence-electron chi connectivity index (χ1n) is 11.1. The fraction of sp³-hybridized carbons (Fsp3) is 0.296. The van der Waals surface area contributed by atoms with Crippen molar-refractivity contribution in [3.8, 4) is 5.75 Å². The molecular weight excluding hydrogens is 470 g/mol. The van der Waals surface area contributed by atoms with Gasteiger partial charge in [0, 0.05) is 33.8 Å². The lowest BCUT2D eigenvalue weighted by Crippen LogP contribution is -2.43. The van der Waals surface area contributed by atoms with E-state index in [-0.39, 0.29) is 5.57 Å². The summed E-state index contributed by atoms with van der Waals surface area (Å²) in [4.78, 5) is 39.9. The molecule has 0 amide bonds.